The van der Waals surface area contributed by atoms with Gasteiger partial charge in [0.25, 0.3) is 0 Å². The largest absolute Gasteiger partial charge is 0.326 e. The SMILES string of the molecule is CNC(CNC(C)C)c1ccc2c(c1)CCC(=O)N2. The lowest BCUT2D eigenvalue weighted by molar-refractivity contribution is -0.116. The molecule has 1 aliphatic rings. The van der Waals surface area contributed by atoms with Crippen LogP contribution in [0.1, 0.15) is 37.4 Å². The number of carbonyl (C=O) groups is 1. The smallest absolute Gasteiger partial charge is 0.224 e. The van der Waals surface area contributed by atoms with E-state index < -0.39 is 0 Å². The molecule has 4 nitrogen and oxygen atoms in total. The van der Waals surface area contributed by atoms with Crippen molar-refractivity contribution in [3.05, 3.63) is 29.3 Å². The minimum absolute atomic E-state index is 0.117. The summed E-state index contributed by atoms with van der Waals surface area (Å²) < 4.78 is 0. The predicted molar refractivity (Wildman–Crippen MR) is 78.3 cm³/mol. The number of fused-ring (bicyclic) bond motifs is 1. The lowest BCUT2D eigenvalue weighted by atomic mass is 9.97. The van der Waals surface area contributed by atoms with E-state index in [1.165, 1.54) is 11.1 Å². The summed E-state index contributed by atoms with van der Waals surface area (Å²) in [6.07, 6.45) is 1.42. The van der Waals surface area contributed by atoms with Gasteiger partial charge in [0.2, 0.25) is 5.91 Å². The van der Waals surface area contributed by atoms with Crippen LogP contribution in [0, 0.1) is 0 Å². The van der Waals surface area contributed by atoms with Crippen LogP contribution in [0.25, 0.3) is 0 Å². The summed E-state index contributed by atoms with van der Waals surface area (Å²) in [6, 6.07) is 7.09. The molecule has 1 atom stereocenters. The molecule has 104 valence electrons. The monoisotopic (exact) mass is 261 g/mol. The summed E-state index contributed by atoms with van der Waals surface area (Å²) >= 11 is 0. The van der Waals surface area contributed by atoms with E-state index in [4.69, 9.17) is 0 Å². The molecule has 0 saturated carbocycles. The highest BCUT2D eigenvalue weighted by atomic mass is 16.1. The predicted octanol–water partition coefficient (Wildman–Crippen LogP) is 1.83. The molecule has 1 aliphatic heterocycles. The second kappa shape index (κ2) is 6.17. The van der Waals surface area contributed by atoms with Gasteiger partial charge in [-0.05, 0) is 30.7 Å². The lowest BCUT2D eigenvalue weighted by Crippen LogP contribution is -2.33. The van der Waals surface area contributed by atoms with Crippen molar-refractivity contribution in [2.45, 2.75) is 38.8 Å². The van der Waals surface area contributed by atoms with E-state index >= 15 is 0 Å². The van der Waals surface area contributed by atoms with Crippen molar-refractivity contribution in [3.8, 4) is 0 Å². The van der Waals surface area contributed by atoms with Crippen molar-refractivity contribution in [2.75, 3.05) is 18.9 Å². The van der Waals surface area contributed by atoms with Crippen molar-refractivity contribution in [3.63, 3.8) is 0 Å². The Morgan fingerprint density at radius 3 is 2.79 bits per heavy atom. The molecule has 19 heavy (non-hydrogen) atoms. The first kappa shape index (κ1) is 14.0. The lowest BCUT2D eigenvalue weighted by Gasteiger charge is -2.22. The molecule has 0 radical (unpaired) electrons. The Morgan fingerprint density at radius 1 is 1.32 bits per heavy atom. The molecule has 1 unspecified atom stereocenters. The third-order valence-electron chi connectivity index (χ3n) is 3.51. The maximum atomic E-state index is 11.3. The minimum Gasteiger partial charge on any atom is -0.326 e. The van der Waals surface area contributed by atoms with Gasteiger partial charge in [0.1, 0.15) is 0 Å². The van der Waals surface area contributed by atoms with Gasteiger partial charge in [-0.1, -0.05) is 26.0 Å². The highest BCUT2D eigenvalue weighted by Gasteiger charge is 2.17. The van der Waals surface area contributed by atoms with Gasteiger partial charge in [-0.25, -0.2) is 0 Å². The maximum absolute atomic E-state index is 11.3. The fourth-order valence-electron chi connectivity index (χ4n) is 2.36. The van der Waals surface area contributed by atoms with E-state index in [-0.39, 0.29) is 5.91 Å². The standard InChI is InChI=1S/C15H23N3O/c1-10(2)17-9-14(16-3)12-4-6-13-11(8-12)5-7-15(19)18-13/h4,6,8,10,14,16-17H,5,7,9H2,1-3H3,(H,18,19). The first-order valence-electron chi connectivity index (χ1n) is 6.93. The van der Waals surface area contributed by atoms with Crippen LogP contribution >= 0.6 is 0 Å². The quantitative estimate of drug-likeness (QED) is 0.758. The van der Waals surface area contributed by atoms with Crippen LogP contribution in [0.2, 0.25) is 0 Å². The van der Waals surface area contributed by atoms with E-state index in [2.05, 4.69) is 41.9 Å². The first-order valence-corrected chi connectivity index (χ1v) is 6.93. The van der Waals surface area contributed by atoms with Crippen LogP contribution in [0.4, 0.5) is 5.69 Å². The Morgan fingerprint density at radius 2 is 2.11 bits per heavy atom. The van der Waals surface area contributed by atoms with Gasteiger partial charge in [0.15, 0.2) is 0 Å². The molecular formula is C15H23N3O. The van der Waals surface area contributed by atoms with E-state index in [0.29, 0.717) is 18.5 Å². The molecule has 1 heterocycles. The molecule has 1 aromatic rings. The molecule has 2 rings (SSSR count). The Hall–Kier alpha value is -1.39. The van der Waals surface area contributed by atoms with Gasteiger partial charge in [0, 0.05) is 30.7 Å². The van der Waals surface area contributed by atoms with Crippen molar-refractivity contribution in [2.24, 2.45) is 0 Å². The number of rotatable bonds is 5. The Labute approximate surface area is 115 Å². The Bertz CT molecular complexity index is 457. The van der Waals surface area contributed by atoms with Crippen molar-refractivity contribution < 1.29 is 4.79 Å². The molecule has 0 aromatic heterocycles. The molecule has 0 spiro atoms. The third kappa shape index (κ3) is 3.55. The molecular weight excluding hydrogens is 238 g/mol. The van der Waals surface area contributed by atoms with Crippen LogP contribution in [-0.4, -0.2) is 25.5 Å². The molecule has 0 fully saturated rings. The van der Waals surface area contributed by atoms with Crippen molar-refractivity contribution in [1.82, 2.24) is 10.6 Å². The second-order valence-corrected chi connectivity index (χ2v) is 5.37. The summed E-state index contributed by atoms with van der Waals surface area (Å²) in [5, 5.41) is 9.71. The number of amides is 1. The maximum Gasteiger partial charge on any atom is 0.224 e. The van der Waals surface area contributed by atoms with Crippen LogP contribution in [-0.2, 0) is 11.2 Å². The number of nitrogens with one attached hydrogen (secondary N) is 3. The second-order valence-electron chi connectivity index (χ2n) is 5.37. The van der Waals surface area contributed by atoms with Crippen molar-refractivity contribution in [1.29, 1.82) is 0 Å². The van der Waals surface area contributed by atoms with Crippen molar-refractivity contribution >= 4 is 11.6 Å². The highest BCUT2D eigenvalue weighted by Crippen LogP contribution is 2.25. The van der Waals surface area contributed by atoms with E-state index in [1.807, 2.05) is 13.1 Å². The first-order chi connectivity index (χ1) is 9.10. The number of anilines is 1. The number of hydrogen-bond acceptors (Lipinski definition) is 3. The van der Waals surface area contributed by atoms with Gasteiger partial charge in [0.05, 0.1) is 0 Å². The Kier molecular flexibility index (Phi) is 4.56. The average molecular weight is 261 g/mol. The summed E-state index contributed by atoms with van der Waals surface area (Å²) in [7, 11) is 1.98. The number of carbonyl (C=O) groups excluding carboxylic acids is 1. The van der Waals surface area contributed by atoms with Gasteiger partial charge in [-0.2, -0.15) is 0 Å². The normalized spacial score (nSPS) is 16.1. The van der Waals surface area contributed by atoms with Crippen LogP contribution in [0.3, 0.4) is 0 Å². The van der Waals surface area contributed by atoms with Gasteiger partial charge in [-0.3, -0.25) is 4.79 Å². The summed E-state index contributed by atoms with van der Waals surface area (Å²) in [6.45, 7) is 5.20. The number of aryl methyl sites for hydroxylation is 1. The van der Waals surface area contributed by atoms with Gasteiger partial charge >= 0.3 is 0 Å². The fourth-order valence-corrected chi connectivity index (χ4v) is 2.36. The molecule has 0 saturated heterocycles. The van der Waals surface area contributed by atoms with Crippen LogP contribution in [0.15, 0.2) is 18.2 Å². The Balaban J connectivity index is 2.13. The zero-order chi connectivity index (χ0) is 13.8. The average Bonchev–Trinajstić information content (AvgIpc) is 2.39. The van der Waals surface area contributed by atoms with Gasteiger partial charge < -0.3 is 16.0 Å². The highest BCUT2D eigenvalue weighted by molar-refractivity contribution is 5.93. The minimum atomic E-state index is 0.117. The number of hydrogen-bond donors (Lipinski definition) is 3. The zero-order valence-corrected chi connectivity index (χ0v) is 11.9. The third-order valence-corrected chi connectivity index (χ3v) is 3.51. The molecule has 0 bridgehead atoms. The van der Waals surface area contributed by atoms with E-state index in [0.717, 1.165) is 18.7 Å². The summed E-state index contributed by atoms with van der Waals surface area (Å²) in [5.74, 6) is 0.117. The molecule has 4 heteroatoms. The van der Waals surface area contributed by atoms with Gasteiger partial charge in [-0.15, -0.1) is 0 Å². The number of likely N-dealkylation sites (N-methyl/N-ethyl adjacent to an activating group) is 1. The molecule has 1 amide bonds. The molecule has 3 N–H and O–H groups in total. The number of benzene rings is 1. The summed E-state index contributed by atoms with van der Waals surface area (Å²) in [4.78, 5) is 11.3. The molecule has 1 aromatic carbocycles. The topological polar surface area (TPSA) is 53.2 Å². The fraction of sp³-hybridized carbons (Fsp3) is 0.533. The van der Waals surface area contributed by atoms with Crippen LogP contribution in [0.5, 0.6) is 0 Å². The van der Waals surface area contributed by atoms with E-state index in [9.17, 15) is 4.79 Å². The van der Waals surface area contributed by atoms with E-state index in [1.54, 1.807) is 0 Å². The van der Waals surface area contributed by atoms with Crippen LogP contribution < -0.4 is 16.0 Å². The summed E-state index contributed by atoms with van der Waals surface area (Å²) in [5.41, 5.74) is 3.47. The zero-order valence-electron chi connectivity index (χ0n) is 11.9. The molecule has 0 aliphatic carbocycles.